The molecule has 3 N–H and O–H groups in total. The predicted octanol–water partition coefficient (Wildman–Crippen LogP) is 0.455. The molecule has 0 bridgehead atoms. The first-order valence-electron chi connectivity index (χ1n) is 5.15. The van der Waals surface area contributed by atoms with E-state index in [0.717, 1.165) is 5.57 Å². The Bertz CT molecular complexity index is 314. The largest absolute Gasteiger partial charge is 0.480 e. The number of rotatable bonds is 5. The molecule has 1 rings (SSSR count). The van der Waals surface area contributed by atoms with Crippen molar-refractivity contribution in [3.63, 3.8) is 0 Å². The van der Waals surface area contributed by atoms with Gasteiger partial charge in [0.2, 0.25) is 0 Å². The van der Waals surface area contributed by atoms with Gasteiger partial charge in [-0.05, 0) is 13.8 Å². The Hall–Kier alpha value is -1.17. The first-order chi connectivity index (χ1) is 7.49. The van der Waals surface area contributed by atoms with E-state index in [2.05, 4.69) is 17.4 Å². The Kier molecular flexibility index (Phi) is 4.23. The van der Waals surface area contributed by atoms with Crippen LogP contribution in [0.1, 0.15) is 13.8 Å². The molecule has 0 fully saturated rings. The molecule has 2 atom stereocenters. The first kappa shape index (κ1) is 12.9. The number of hydrogen-bond donors (Lipinski definition) is 3. The highest BCUT2D eigenvalue weighted by Crippen LogP contribution is 2.17. The molecule has 0 radical (unpaired) electrons. The van der Waals surface area contributed by atoms with E-state index in [4.69, 9.17) is 9.94 Å². The lowest BCUT2D eigenvalue weighted by molar-refractivity contribution is -0.142. The SMILES string of the molecule is C=CCON[C@H]1CN[C@](C)(C(=O)O)C=C1C. The van der Waals surface area contributed by atoms with Gasteiger partial charge in [-0.2, -0.15) is 5.48 Å². The summed E-state index contributed by atoms with van der Waals surface area (Å²) >= 11 is 0. The molecule has 0 aliphatic carbocycles. The number of aliphatic carboxylic acids is 1. The molecule has 1 aliphatic rings. The van der Waals surface area contributed by atoms with Gasteiger partial charge in [0.15, 0.2) is 0 Å². The van der Waals surface area contributed by atoms with Crippen molar-refractivity contribution >= 4 is 5.97 Å². The summed E-state index contributed by atoms with van der Waals surface area (Å²) in [6.45, 7) is 7.99. The zero-order valence-corrected chi connectivity index (χ0v) is 9.62. The normalized spacial score (nSPS) is 29.6. The highest BCUT2D eigenvalue weighted by atomic mass is 16.6. The van der Waals surface area contributed by atoms with Gasteiger partial charge in [0, 0.05) is 6.54 Å². The van der Waals surface area contributed by atoms with E-state index in [0.29, 0.717) is 13.2 Å². The Morgan fingerprint density at radius 2 is 2.62 bits per heavy atom. The zero-order chi connectivity index (χ0) is 12.2. The van der Waals surface area contributed by atoms with Gasteiger partial charge in [0.05, 0.1) is 12.6 Å². The van der Waals surface area contributed by atoms with Crippen LogP contribution in [-0.2, 0) is 9.63 Å². The maximum Gasteiger partial charge on any atom is 0.327 e. The van der Waals surface area contributed by atoms with Crippen molar-refractivity contribution in [3.8, 4) is 0 Å². The second-order valence-electron chi connectivity index (χ2n) is 4.05. The second-order valence-corrected chi connectivity index (χ2v) is 4.05. The average molecular weight is 226 g/mol. The summed E-state index contributed by atoms with van der Waals surface area (Å²) in [5.41, 5.74) is 2.82. The van der Waals surface area contributed by atoms with Crippen LogP contribution in [-0.4, -0.2) is 35.8 Å². The lowest BCUT2D eigenvalue weighted by atomic mass is 9.92. The van der Waals surface area contributed by atoms with Crippen LogP contribution in [0.4, 0.5) is 0 Å². The molecule has 1 aliphatic heterocycles. The van der Waals surface area contributed by atoms with Gasteiger partial charge in [0.1, 0.15) is 5.54 Å². The van der Waals surface area contributed by atoms with Gasteiger partial charge in [-0.1, -0.05) is 17.7 Å². The van der Waals surface area contributed by atoms with Crippen molar-refractivity contribution in [1.29, 1.82) is 0 Å². The van der Waals surface area contributed by atoms with Crippen LogP contribution in [0.25, 0.3) is 0 Å². The van der Waals surface area contributed by atoms with E-state index >= 15 is 0 Å². The molecule has 1 heterocycles. The topological polar surface area (TPSA) is 70.6 Å². The first-order valence-corrected chi connectivity index (χ1v) is 5.15. The lowest BCUT2D eigenvalue weighted by Crippen LogP contribution is -2.56. The van der Waals surface area contributed by atoms with Crippen LogP contribution in [0.2, 0.25) is 0 Å². The molecule has 0 unspecified atom stereocenters. The summed E-state index contributed by atoms with van der Waals surface area (Å²) in [4.78, 5) is 16.1. The number of hydrogen-bond acceptors (Lipinski definition) is 4. The summed E-state index contributed by atoms with van der Waals surface area (Å²) in [5, 5.41) is 12.0. The molecule has 0 aromatic heterocycles. The minimum absolute atomic E-state index is 0.00706. The third kappa shape index (κ3) is 2.91. The molecule has 0 aromatic carbocycles. The number of carbonyl (C=O) groups is 1. The predicted molar refractivity (Wildman–Crippen MR) is 60.9 cm³/mol. The fraction of sp³-hybridized carbons (Fsp3) is 0.545. The zero-order valence-electron chi connectivity index (χ0n) is 9.62. The quantitative estimate of drug-likeness (QED) is 0.361. The van der Waals surface area contributed by atoms with E-state index in [1.54, 1.807) is 19.1 Å². The van der Waals surface area contributed by atoms with E-state index in [1.165, 1.54) is 0 Å². The smallest absolute Gasteiger partial charge is 0.327 e. The fourth-order valence-electron chi connectivity index (χ4n) is 1.56. The number of carboxylic acids is 1. The Morgan fingerprint density at radius 1 is 1.94 bits per heavy atom. The van der Waals surface area contributed by atoms with Gasteiger partial charge in [-0.15, -0.1) is 6.58 Å². The van der Waals surface area contributed by atoms with Crippen LogP contribution >= 0.6 is 0 Å². The highest BCUT2D eigenvalue weighted by molar-refractivity contribution is 5.81. The molecular formula is C11H18N2O3. The van der Waals surface area contributed by atoms with Crippen molar-refractivity contribution in [2.45, 2.75) is 25.4 Å². The summed E-state index contributed by atoms with van der Waals surface area (Å²) in [6, 6.07) is -0.00706. The van der Waals surface area contributed by atoms with Gasteiger partial charge in [0.25, 0.3) is 0 Å². The Labute approximate surface area is 95.1 Å². The molecule has 90 valence electrons. The van der Waals surface area contributed by atoms with Crippen molar-refractivity contribution < 1.29 is 14.7 Å². The molecule has 0 aromatic rings. The van der Waals surface area contributed by atoms with Crippen LogP contribution < -0.4 is 10.8 Å². The Balaban J connectivity index is 2.62. The molecule has 0 saturated heterocycles. The summed E-state index contributed by atoms with van der Waals surface area (Å²) < 4.78 is 0. The van der Waals surface area contributed by atoms with Crippen LogP contribution in [0.5, 0.6) is 0 Å². The fourth-order valence-corrected chi connectivity index (χ4v) is 1.56. The third-order valence-electron chi connectivity index (χ3n) is 2.61. The van der Waals surface area contributed by atoms with E-state index < -0.39 is 11.5 Å². The number of nitrogens with one attached hydrogen (secondary N) is 2. The van der Waals surface area contributed by atoms with E-state index in [1.807, 2.05) is 6.92 Å². The standard InChI is InChI=1S/C11H18N2O3/c1-4-5-16-13-9-7-12-11(3,10(14)15)6-8(9)2/h4,6,9,12-13H,1,5,7H2,2-3H3,(H,14,15)/t9-,11-/m0/s1. The number of carboxylic acid groups (broad SMARTS) is 1. The van der Waals surface area contributed by atoms with Crippen LogP contribution in [0, 0.1) is 0 Å². The van der Waals surface area contributed by atoms with Gasteiger partial charge in [-0.3, -0.25) is 10.2 Å². The summed E-state index contributed by atoms with van der Waals surface area (Å²) in [7, 11) is 0. The minimum Gasteiger partial charge on any atom is -0.480 e. The van der Waals surface area contributed by atoms with Crippen molar-refractivity contribution in [3.05, 3.63) is 24.3 Å². The maximum absolute atomic E-state index is 11.0. The highest BCUT2D eigenvalue weighted by Gasteiger charge is 2.35. The monoisotopic (exact) mass is 226 g/mol. The summed E-state index contributed by atoms with van der Waals surface area (Å²) in [5.74, 6) is -0.877. The van der Waals surface area contributed by atoms with Crippen molar-refractivity contribution in [2.24, 2.45) is 0 Å². The summed E-state index contributed by atoms with van der Waals surface area (Å²) in [6.07, 6.45) is 3.34. The minimum atomic E-state index is -0.985. The van der Waals surface area contributed by atoms with Crippen LogP contribution in [0.15, 0.2) is 24.3 Å². The van der Waals surface area contributed by atoms with Gasteiger partial charge in [-0.25, -0.2) is 4.79 Å². The van der Waals surface area contributed by atoms with E-state index in [9.17, 15) is 4.79 Å². The van der Waals surface area contributed by atoms with Crippen molar-refractivity contribution in [1.82, 2.24) is 10.8 Å². The second kappa shape index (κ2) is 5.25. The van der Waals surface area contributed by atoms with E-state index in [-0.39, 0.29) is 6.04 Å². The van der Waals surface area contributed by atoms with Crippen molar-refractivity contribution in [2.75, 3.05) is 13.2 Å². The van der Waals surface area contributed by atoms with Crippen LogP contribution in [0.3, 0.4) is 0 Å². The average Bonchev–Trinajstić information content (AvgIpc) is 2.21. The molecule has 16 heavy (non-hydrogen) atoms. The van der Waals surface area contributed by atoms with Gasteiger partial charge >= 0.3 is 5.97 Å². The third-order valence-corrected chi connectivity index (χ3v) is 2.61. The number of hydroxylamine groups is 1. The lowest BCUT2D eigenvalue weighted by Gasteiger charge is -2.33. The molecule has 0 amide bonds. The molecule has 5 heteroatoms. The molecule has 0 spiro atoms. The molecule has 0 saturated carbocycles. The maximum atomic E-state index is 11.0. The molecular weight excluding hydrogens is 208 g/mol. The van der Waals surface area contributed by atoms with Gasteiger partial charge < -0.3 is 5.11 Å². The molecule has 5 nitrogen and oxygen atoms in total. The Morgan fingerprint density at radius 3 is 3.12 bits per heavy atom.